The van der Waals surface area contributed by atoms with Crippen LogP contribution in [0.2, 0.25) is 5.02 Å². The molecule has 3 aromatic rings. The molecule has 0 radical (unpaired) electrons. The molecule has 100 valence electrons. The summed E-state index contributed by atoms with van der Waals surface area (Å²) in [5, 5.41) is 3.21. The first kappa shape index (κ1) is 12.6. The van der Waals surface area contributed by atoms with Gasteiger partial charge in [-0.05, 0) is 30.3 Å². The van der Waals surface area contributed by atoms with Crippen molar-refractivity contribution in [3.8, 4) is 0 Å². The molecule has 0 atom stereocenters. The predicted molar refractivity (Wildman–Crippen MR) is 75.9 cm³/mol. The van der Waals surface area contributed by atoms with Crippen molar-refractivity contribution >= 4 is 34.3 Å². The Balaban J connectivity index is 1.87. The van der Waals surface area contributed by atoms with E-state index in [-0.39, 0.29) is 11.6 Å². The van der Waals surface area contributed by atoms with Crippen LogP contribution in [0.4, 0.5) is 5.69 Å². The topological polar surface area (TPSA) is 68.0 Å². The van der Waals surface area contributed by atoms with Crippen LogP contribution in [0, 0.1) is 6.92 Å². The molecule has 5 nitrogen and oxygen atoms in total. The average Bonchev–Trinajstić information content (AvgIpc) is 2.78. The Morgan fingerprint density at radius 1 is 1.30 bits per heavy atom. The monoisotopic (exact) mass is 287 g/mol. The van der Waals surface area contributed by atoms with E-state index in [2.05, 4.69) is 15.3 Å². The molecule has 20 heavy (non-hydrogen) atoms. The number of amides is 1. The number of benzene rings is 1. The van der Waals surface area contributed by atoms with E-state index >= 15 is 0 Å². The largest absolute Gasteiger partial charge is 0.441 e. The Hall–Kier alpha value is -2.40. The highest BCUT2D eigenvalue weighted by Gasteiger charge is 2.09. The van der Waals surface area contributed by atoms with Crippen molar-refractivity contribution in [3.05, 3.63) is 53.1 Å². The number of nitrogens with zero attached hydrogens (tertiary/aromatic N) is 2. The Bertz CT molecular complexity index is 798. The molecule has 0 unspecified atom stereocenters. The zero-order valence-electron chi connectivity index (χ0n) is 10.6. The fraction of sp³-hybridized carbons (Fsp3) is 0.0714. The van der Waals surface area contributed by atoms with E-state index in [9.17, 15) is 4.79 Å². The third kappa shape index (κ3) is 2.48. The van der Waals surface area contributed by atoms with Crippen molar-refractivity contribution in [3.63, 3.8) is 0 Å². The number of pyridine rings is 1. The summed E-state index contributed by atoms with van der Waals surface area (Å²) in [6.45, 7) is 1.77. The number of carbonyl (C=O) groups is 1. The number of oxazole rings is 1. The van der Waals surface area contributed by atoms with Crippen molar-refractivity contribution in [1.29, 1.82) is 0 Å². The van der Waals surface area contributed by atoms with Crippen molar-refractivity contribution < 1.29 is 9.21 Å². The lowest BCUT2D eigenvalue weighted by Gasteiger charge is -2.04. The Labute approximate surface area is 119 Å². The van der Waals surface area contributed by atoms with E-state index in [1.807, 2.05) is 0 Å². The minimum atomic E-state index is -0.327. The lowest BCUT2D eigenvalue weighted by atomic mass is 10.2. The zero-order valence-corrected chi connectivity index (χ0v) is 11.3. The molecule has 1 N–H and O–H groups in total. The maximum absolute atomic E-state index is 12.0. The highest BCUT2D eigenvalue weighted by Crippen LogP contribution is 2.20. The molecule has 0 bridgehead atoms. The molecule has 1 aromatic carbocycles. The van der Waals surface area contributed by atoms with Gasteiger partial charge in [0.1, 0.15) is 11.2 Å². The van der Waals surface area contributed by atoms with E-state index in [0.717, 1.165) is 0 Å². The number of nitrogens with one attached hydrogen (secondary N) is 1. The van der Waals surface area contributed by atoms with Crippen molar-refractivity contribution in [2.45, 2.75) is 6.92 Å². The van der Waals surface area contributed by atoms with Gasteiger partial charge in [0.05, 0.1) is 0 Å². The van der Waals surface area contributed by atoms with Gasteiger partial charge in [-0.3, -0.25) is 9.78 Å². The van der Waals surface area contributed by atoms with Crippen LogP contribution in [0.25, 0.3) is 11.1 Å². The third-order valence-electron chi connectivity index (χ3n) is 2.71. The van der Waals surface area contributed by atoms with E-state index in [4.69, 9.17) is 16.0 Å². The van der Waals surface area contributed by atoms with Gasteiger partial charge in [-0.25, -0.2) is 4.98 Å². The molecular weight excluding hydrogens is 278 g/mol. The van der Waals surface area contributed by atoms with Crippen molar-refractivity contribution in [2.75, 3.05) is 5.32 Å². The molecule has 0 spiro atoms. The van der Waals surface area contributed by atoms with Crippen LogP contribution in [-0.2, 0) is 0 Å². The van der Waals surface area contributed by atoms with Gasteiger partial charge in [-0.1, -0.05) is 11.6 Å². The second kappa shape index (κ2) is 4.94. The van der Waals surface area contributed by atoms with Crippen LogP contribution < -0.4 is 5.32 Å². The first-order valence-electron chi connectivity index (χ1n) is 5.92. The summed E-state index contributed by atoms with van der Waals surface area (Å²) >= 11 is 5.83. The number of anilines is 1. The molecule has 0 saturated heterocycles. The molecule has 2 heterocycles. The number of aromatic nitrogens is 2. The summed E-state index contributed by atoms with van der Waals surface area (Å²) in [4.78, 5) is 20.2. The first-order chi connectivity index (χ1) is 9.61. The standard InChI is InChI=1S/C14H10ClN3O2/c1-8-17-11-7-10(2-3-13(11)20-8)18-14(19)12-6-9(15)4-5-16-12/h2-7H,1H3,(H,18,19). The van der Waals surface area contributed by atoms with Crippen LogP contribution in [0.5, 0.6) is 0 Å². The Morgan fingerprint density at radius 3 is 2.95 bits per heavy atom. The van der Waals surface area contributed by atoms with Gasteiger partial charge in [-0.15, -0.1) is 0 Å². The van der Waals surface area contributed by atoms with Crippen LogP contribution in [-0.4, -0.2) is 15.9 Å². The fourth-order valence-corrected chi connectivity index (χ4v) is 2.00. The molecule has 2 aromatic heterocycles. The second-order valence-corrected chi connectivity index (χ2v) is 4.67. The van der Waals surface area contributed by atoms with Crippen LogP contribution >= 0.6 is 11.6 Å². The van der Waals surface area contributed by atoms with Crippen molar-refractivity contribution in [2.24, 2.45) is 0 Å². The van der Waals surface area contributed by atoms with Gasteiger partial charge in [0.15, 0.2) is 11.5 Å². The minimum Gasteiger partial charge on any atom is -0.441 e. The number of carbonyl (C=O) groups excluding carboxylic acids is 1. The highest BCUT2D eigenvalue weighted by atomic mass is 35.5. The molecule has 0 aliphatic heterocycles. The van der Waals surface area contributed by atoms with E-state index in [1.165, 1.54) is 12.3 Å². The second-order valence-electron chi connectivity index (χ2n) is 4.23. The molecule has 0 fully saturated rings. The van der Waals surface area contributed by atoms with Crippen molar-refractivity contribution in [1.82, 2.24) is 9.97 Å². The maximum atomic E-state index is 12.0. The van der Waals surface area contributed by atoms with Crippen LogP contribution in [0.1, 0.15) is 16.4 Å². The predicted octanol–water partition coefficient (Wildman–Crippen LogP) is 3.44. The normalized spacial score (nSPS) is 10.7. The fourth-order valence-electron chi connectivity index (χ4n) is 1.84. The summed E-state index contributed by atoms with van der Waals surface area (Å²) < 4.78 is 5.37. The van der Waals surface area contributed by atoms with E-state index in [1.54, 1.807) is 31.2 Å². The summed E-state index contributed by atoms with van der Waals surface area (Å²) in [5.41, 5.74) is 2.26. The molecule has 3 rings (SSSR count). The summed E-state index contributed by atoms with van der Waals surface area (Å²) in [6, 6.07) is 8.37. The first-order valence-corrected chi connectivity index (χ1v) is 6.30. The maximum Gasteiger partial charge on any atom is 0.274 e. The SMILES string of the molecule is Cc1nc2cc(NC(=O)c3cc(Cl)ccn3)ccc2o1. The molecule has 0 saturated carbocycles. The van der Waals surface area contributed by atoms with Gasteiger partial charge in [-0.2, -0.15) is 0 Å². The van der Waals surface area contributed by atoms with Crippen LogP contribution in [0.3, 0.4) is 0 Å². The van der Waals surface area contributed by atoms with Gasteiger partial charge >= 0.3 is 0 Å². The summed E-state index contributed by atoms with van der Waals surface area (Å²) in [6.07, 6.45) is 1.49. The average molecular weight is 288 g/mol. The molecule has 0 aliphatic rings. The van der Waals surface area contributed by atoms with Gasteiger partial charge < -0.3 is 9.73 Å². The number of hydrogen-bond donors (Lipinski definition) is 1. The Kier molecular flexibility index (Phi) is 3.12. The highest BCUT2D eigenvalue weighted by molar-refractivity contribution is 6.30. The number of fused-ring (bicyclic) bond motifs is 1. The van der Waals surface area contributed by atoms with Gasteiger partial charge in [0.25, 0.3) is 5.91 Å². The van der Waals surface area contributed by atoms with E-state index in [0.29, 0.717) is 27.7 Å². The van der Waals surface area contributed by atoms with E-state index < -0.39 is 0 Å². The summed E-state index contributed by atoms with van der Waals surface area (Å²) in [5.74, 6) is 0.257. The lowest BCUT2D eigenvalue weighted by molar-refractivity contribution is 0.102. The summed E-state index contributed by atoms with van der Waals surface area (Å²) in [7, 11) is 0. The molecule has 0 aliphatic carbocycles. The number of hydrogen-bond acceptors (Lipinski definition) is 4. The molecule has 6 heteroatoms. The number of rotatable bonds is 2. The smallest absolute Gasteiger partial charge is 0.274 e. The lowest BCUT2D eigenvalue weighted by Crippen LogP contribution is -2.13. The van der Waals surface area contributed by atoms with Gasteiger partial charge in [0, 0.05) is 23.8 Å². The van der Waals surface area contributed by atoms with Crippen LogP contribution in [0.15, 0.2) is 40.9 Å². The Morgan fingerprint density at radius 2 is 2.15 bits per heavy atom. The third-order valence-corrected chi connectivity index (χ3v) is 2.94. The minimum absolute atomic E-state index is 0.258. The zero-order chi connectivity index (χ0) is 14.1. The quantitative estimate of drug-likeness (QED) is 0.784. The molecular formula is C14H10ClN3O2. The number of halogens is 1. The molecule has 1 amide bonds. The van der Waals surface area contributed by atoms with Gasteiger partial charge in [0.2, 0.25) is 0 Å². The number of aryl methyl sites for hydroxylation is 1.